The van der Waals surface area contributed by atoms with Crippen molar-refractivity contribution in [1.82, 2.24) is 10.3 Å². The second-order valence-electron chi connectivity index (χ2n) is 6.19. The number of carbonyl (C=O) groups excluding carboxylic acids is 1. The van der Waals surface area contributed by atoms with Crippen LogP contribution in [0.5, 0.6) is 0 Å². The van der Waals surface area contributed by atoms with Gasteiger partial charge in [-0.05, 0) is 18.1 Å². The van der Waals surface area contributed by atoms with Gasteiger partial charge in [0, 0.05) is 29.9 Å². The molecule has 0 bridgehead atoms. The number of benzene rings is 1. The van der Waals surface area contributed by atoms with Crippen molar-refractivity contribution >= 4 is 22.8 Å². The van der Waals surface area contributed by atoms with Gasteiger partial charge < -0.3 is 16.8 Å². The van der Waals surface area contributed by atoms with Crippen LogP contribution in [0.3, 0.4) is 0 Å². The third-order valence-corrected chi connectivity index (χ3v) is 4.24. The van der Waals surface area contributed by atoms with Gasteiger partial charge in [-0.3, -0.25) is 4.79 Å². The van der Waals surface area contributed by atoms with Crippen molar-refractivity contribution in [2.24, 2.45) is 0 Å². The Morgan fingerprint density at radius 3 is 2.64 bits per heavy atom. The van der Waals surface area contributed by atoms with Crippen molar-refractivity contribution in [3.63, 3.8) is 0 Å². The SMILES string of the molecule is CCCCCCCC(=O)N[C@@H](Cc1c[nH]c2ccccc12)C(=O)O.[H-].[Na+]. The number of H-pyrrole nitrogens is 1. The van der Waals surface area contributed by atoms with Gasteiger partial charge in [-0.25, -0.2) is 4.79 Å². The molecule has 0 aliphatic rings. The van der Waals surface area contributed by atoms with Gasteiger partial charge in [0.15, 0.2) is 0 Å². The van der Waals surface area contributed by atoms with Gasteiger partial charge in [-0.15, -0.1) is 0 Å². The number of carboxylic acid groups (broad SMARTS) is 1. The zero-order valence-electron chi connectivity index (χ0n) is 16.2. The molecule has 0 spiro atoms. The Hall–Kier alpha value is -1.30. The number of unbranched alkanes of at least 4 members (excludes halogenated alkanes) is 4. The summed E-state index contributed by atoms with van der Waals surface area (Å²) in [5, 5.41) is 13.1. The van der Waals surface area contributed by atoms with Gasteiger partial charge in [0.2, 0.25) is 5.91 Å². The van der Waals surface area contributed by atoms with Gasteiger partial charge in [0.05, 0.1) is 0 Å². The average Bonchev–Trinajstić information content (AvgIpc) is 2.97. The molecule has 0 unspecified atom stereocenters. The largest absolute Gasteiger partial charge is 1.00 e. The first-order valence-electron chi connectivity index (χ1n) is 8.69. The molecule has 0 saturated heterocycles. The van der Waals surface area contributed by atoms with Crippen molar-refractivity contribution in [2.75, 3.05) is 0 Å². The van der Waals surface area contributed by atoms with Crippen LogP contribution in [0, 0.1) is 0 Å². The van der Waals surface area contributed by atoms with E-state index in [1.165, 1.54) is 6.42 Å². The fourth-order valence-corrected chi connectivity index (χ4v) is 2.88. The zero-order chi connectivity index (χ0) is 17.4. The molecule has 2 rings (SSSR count). The first kappa shape index (κ1) is 21.7. The molecule has 1 aromatic carbocycles. The summed E-state index contributed by atoms with van der Waals surface area (Å²) in [6, 6.07) is 6.86. The molecular formula is C19H27N2NaO3. The molecule has 5 nitrogen and oxygen atoms in total. The maximum absolute atomic E-state index is 12.0. The van der Waals surface area contributed by atoms with Gasteiger partial charge in [-0.2, -0.15) is 0 Å². The summed E-state index contributed by atoms with van der Waals surface area (Å²) in [5.74, 6) is -1.18. The van der Waals surface area contributed by atoms with E-state index in [-0.39, 0.29) is 43.3 Å². The van der Waals surface area contributed by atoms with Crippen LogP contribution in [-0.2, 0) is 16.0 Å². The molecule has 0 aliphatic carbocycles. The van der Waals surface area contributed by atoms with E-state index in [0.717, 1.165) is 42.1 Å². The summed E-state index contributed by atoms with van der Waals surface area (Å²) >= 11 is 0. The standard InChI is InChI=1S/C19H26N2O3.Na.H/c1-2-3-4-5-6-11-18(22)21-17(19(23)24)12-14-13-20-16-10-8-7-9-15(14)16;;/h7-10,13,17,20H,2-6,11-12H2,1H3,(H,21,22)(H,23,24);;/q;+1;-1/t17-;;/m0../s1. The van der Waals surface area contributed by atoms with Crippen LogP contribution in [0.25, 0.3) is 10.9 Å². The van der Waals surface area contributed by atoms with Gasteiger partial charge in [0.1, 0.15) is 6.04 Å². The number of aliphatic carboxylic acids is 1. The monoisotopic (exact) mass is 354 g/mol. The molecule has 0 fully saturated rings. The third kappa shape index (κ3) is 6.84. The normalized spacial score (nSPS) is 11.7. The molecule has 132 valence electrons. The first-order chi connectivity index (χ1) is 11.6. The van der Waals surface area contributed by atoms with Crippen LogP contribution >= 0.6 is 0 Å². The maximum atomic E-state index is 12.0. The molecule has 2 aromatic rings. The number of fused-ring (bicyclic) bond motifs is 1. The molecule has 0 saturated carbocycles. The minimum Gasteiger partial charge on any atom is -1.00 e. The van der Waals surface area contributed by atoms with E-state index in [4.69, 9.17) is 0 Å². The number of carbonyl (C=O) groups is 2. The van der Waals surface area contributed by atoms with Gasteiger partial charge in [0.25, 0.3) is 0 Å². The van der Waals surface area contributed by atoms with E-state index in [2.05, 4.69) is 17.2 Å². The van der Waals surface area contributed by atoms with E-state index in [1.807, 2.05) is 30.5 Å². The van der Waals surface area contributed by atoms with Crippen LogP contribution < -0.4 is 34.9 Å². The summed E-state index contributed by atoms with van der Waals surface area (Å²) in [6.07, 6.45) is 7.78. The minimum atomic E-state index is -1.00. The quantitative estimate of drug-likeness (QED) is 0.435. The Morgan fingerprint density at radius 2 is 1.92 bits per heavy atom. The first-order valence-corrected chi connectivity index (χ1v) is 8.69. The number of para-hydroxylation sites is 1. The van der Waals surface area contributed by atoms with Gasteiger partial charge >= 0.3 is 35.5 Å². The van der Waals surface area contributed by atoms with Crippen LogP contribution in [0.4, 0.5) is 0 Å². The van der Waals surface area contributed by atoms with Crippen molar-refractivity contribution in [3.8, 4) is 0 Å². The van der Waals surface area contributed by atoms with Crippen molar-refractivity contribution < 1.29 is 45.7 Å². The molecule has 3 N–H and O–H groups in total. The summed E-state index contributed by atoms with van der Waals surface area (Å²) in [7, 11) is 0. The minimum absolute atomic E-state index is 0. The second kappa shape index (κ2) is 11.3. The fraction of sp³-hybridized carbons (Fsp3) is 0.474. The molecule has 1 heterocycles. The molecule has 0 aliphatic heterocycles. The molecule has 1 atom stereocenters. The average molecular weight is 354 g/mol. The van der Waals surface area contributed by atoms with Crippen LogP contribution in [0.15, 0.2) is 30.5 Å². The Balaban J connectivity index is 0.00000312. The molecule has 0 radical (unpaired) electrons. The number of rotatable bonds is 10. The van der Waals surface area contributed by atoms with E-state index < -0.39 is 12.0 Å². The third-order valence-electron chi connectivity index (χ3n) is 4.24. The van der Waals surface area contributed by atoms with Crippen molar-refractivity contribution in [2.45, 2.75) is 57.9 Å². The molecular weight excluding hydrogens is 327 g/mol. The Morgan fingerprint density at radius 1 is 1.20 bits per heavy atom. The van der Waals surface area contributed by atoms with Gasteiger partial charge in [-0.1, -0.05) is 50.8 Å². The summed E-state index contributed by atoms with van der Waals surface area (Å²) in [4.78, 5) is 26.6. The predicted molar refractivity (Wildman–Crippen MR) is 96.1 cm³/mol. The second-order valence-corrected chi connectivity index (χ2v) is 6.19. The summed E-state index contributed by atoms with van der Waals surface area (Å²) in [5.41, 5.74) is 1.88. The molecule has 1 aromatic heterocycles. The molecule has 25 heavy (non-hydrogen) atoms. The van der Waals surface area contributed by atoms with E-state index in [1.54, 1.807) is 0 Å². The van der Waals surface area contributed by atoms with Crippen LogP contribution in [-0.4, -0.2) is 28.0 Å². The number of aromatic nitrogens is 1. The smallest absolute Gasteiger partial charge is 1.00 e. The van der Waals surface area contributed by atoms with E-state index in [9.17, 15) is 14.7 Å². The number of nitrogens with one attached hydrogen (secondary N) is 2. The predicted octanol–water partition coefficient (Wildman–Crippen LogP) is 0.757. The summed E-state index contributed by atoms with van der Waals surface area (Å²) < 4.78 is 0. The van der Waals surface area contributed by atoms with Crippen LogP contribution in [0.1, 0.15) is 52.4 Å². The topological polar surface area (TPSA) is 82.2 Å². The Bertz CT molecular complexity index is 690. The maximum Gasteiger partial charge on any atom is 1.00 e. The molecule has 6 heteroatoms. The van der Waals surface area contributed by atoms with E-state index in [0.29, 0.717) is 6.42 Å². The number of amides is 1. The Labute approximate surface area is 172 Å². The molecule has 1 amide bonds. The van der Waals surface area contributed by atoms with Crippen molar-refractivity contribution in [3.05, 3.63) is 36.0 Å². The zero-order valence-corrected chi connectivity index (χ0v) is 17.2. The van der Waals surface area contributed by atoms with E-state index >= 15 is 0 Å². The number of carboxylic acids is 1. The number of aromatic amines is 1. The summed E-state index contributed by atoms with van der Waals surface area (Å²) in [6.45, 7) is 2.15. The number of hydrogen-bond donors (Lipinski definition) is 3. The van der Waals surface area contributed by atoms with Crippen molar-refractivity contribution in [1.29, 1.82) is 0 Å². The van der Waals surface area contributed by atoms with Crippen LogP contribution in [0.2, 0.25) is 0 Å². The Kier molecular flexibility index (Phi) is 9.86. The fourth-order valence-electron chi connectivity index (χ4n) is 2.88. The number of hydrogen-bond acceptors (Lipinski definition) is 2.